The summed E-state index contributed by atoms with van der Waals surface area (Å²) in [4.78, 5) is 38.7. The minimum Gasteiger partial charge on any atom is -0.414 e. The molecule has 140 valence electrons. The third-order valence-electron chi connectivity index (χ3n) is 4.50. The van der Waals surface area contributed by atoms with Gasteiger partial charge in [-0.2, -0.15) is 5.26 Å². The van der Waals surface area contributed by atoms with E-state index in [0.717, 1.165) is 6.54 Å². The first-order chi connectivity index (χ1) is 11.8. The van der Waals surface area contributed by atoms with Crippen LogP contribution in [0.1, 0.15) is 40.5 Å². The second kappa shape index (κ2) is 9.37. The van der Waals surface area contributed by atoms with E-state index < -0.39 is 17.6 Å². The quantitative estimate of drug-likeness (QED) is 0.603. The minimum absolute atomic E-state index is 0.0732. The van der Waals surface area contributed by atoms with Gasteiger partial charge < -0.3 is 20.3 Å². The van der Waals surface area contributed by atoms with Gasteiger partial charge in [-0.1, -0.05) is 20.8 Å². The number of nitrogens with zero attached hydrogens (tertiary/aromatic N) is 2. The Morgan fingerprint density at radius 3 is 2.32 bits per heavy atom. The summed E-state index contributed by atoms with van der Waals surface area (Å²) in [6, 6.07) is 0. The van der Waals surface area contributed by atoms with Crippen LogP contribution in [-0.4, -0.2) is 60.3 Å². The highest BCUT2D eigenvalue weighted by Gasteiger charge is 2.44. The number of ketones is 1. The third kappa shape index (κ3) is 5.71. The second-order valence-corrected chi connectivity index (χ2v) is 6.76. The molecule has 1 atom stereocenters. The van der Waals surface area contributed by atoms with E-state index in [1.807, 2.05) is 6.92 Å². The molecule has 1 heterocycles. The molecule has 1 saturated heterocycles. The Labute approximate surface area is 148 Å². The van der Waals surface area contributed by atoms with Gasteiger partial charge in [0.1, 0.15) is 11.3 Å². The second-order valence-electron chi connectivity index (χ2n) is 6.76. The number of hydrogen-bond donors (Lipinski definition) is 2. The van der Waals surface area contributed by atoms with Crippen molar-refractivity contribution in [1.29, 1.82) is 5.26 Å². The van der Waals surface area contributed by atoms with E-state index >= 15 is 0 Å². The van der Waals surface area contributed by atoms with E-state index in [4.69, 9.17) is 10.00 Å². The largest absolute Gasteiger partial charge is 0.414 e. The molecule has 25 heavy (non-hydrogen) atoms. The Kier molecular flexibility index (Phi) is 7.84. The zero-order valence-electron chi connectivity index (χ0n) is 15.4. The zero-order valence-corrected chi connectivity index (χ0v) is 15.4. The highest BCUT2D eigenvalue weighted by Crippen LogP contribution is 2.24. The van der Waals surface area contributed by atoms with E-state index in [1.165, 1.54) is 6.92 Å². The Morgan fingerprint density at radius 2 is 1.88 bits per heavy atom. The predicted molar refractivity (Wildman–Crippen MR) is 91.2 cm³/mol. The van der Waals surface area contributed by atoms with E-state index in [9.17, 15) is 14.4 Å². The van der Waals surface area contributed by atoms with Gasteiger partial charge >= 0.3 is 0 Å². The predicted octanol–water partition coefficient (Wildman–Crippen LogP) is 0.185. The van der Waals surface area contributed by atoms with Gasteiger partial charge in [0.2, 0.25) is 5.91 Å². The van der Waals surface area contributed by atoms with Crippen LogP contribution in [0.3, 0.4) is 0 Å². The Hall–Kier alpha value is -2.14. The maximum Gasteiger partial charge on any atom is 0.287 e. The number of rotatable bonds is 8. The van der Waals surface area contributed by atoms with Gasteiger partial charge in [-0.15, -0.1) is 0 Å². The smallest absolute Gasteiger partial charge is 0.287 e. The molecule has 1 unspecified atom stereocenters. The van der Waals surface area contributed by atoms with Crippen molar-refractivity contribution in [2.24, 2.45) is 5.92 Å². The molecule has 1 aliphatic heterocycles. The van der Waals surface area contributed by atoms with Crippen molar-refractivity contribution in [1.82, 2.24) is 15.5 Å². The maximum absolute atomic E-state index is 12.7. The molecule has 8 heteroatoms. The average Bonchev–Trinajstić information content (AvgIpc) is 2.57. The summed E-state index contributed by atoms with van der Waals surface area (Å²) in [5.41, 5.74) is -1.09. The Balaban J connectivity index is 2.95. The molecule has 0 saturated carbocycles. The van der Waals surface area contributed by atoms with Crippen molar-refractivity contribution in [3.8, 4) is 6.26 Å². The summed E-state index contributed by atoms with van der Waals surface area (Å²) in [6.45, 7) is 9.08. The number of nitriles is 1. The molecule has 1 aliphatic rings. The number of ether oxygens (including phenoxy) is 1. The first-order valence-corrected chi connectivity index (χ1v) is 8.62. The first-order valence-electron chi connectivity index (χ1n) is 8.62. The first kappa shape index (κ1) is 20.9. The van der Waals surface area contributed by atoms with Crippen molar-refractivity contribution >= 4 is 17.6 Å². The maximum atomic E-state index is 12.7. The Morgan fingerprint density at radius 1 is 1.28 bits per heavy atom. The van der Waals surface area contributed by atoms with Crippen LogP contribution in [0.5, 0.6) is 0 Å². The molecule has 1 rings (SSSR count). The molecule has 0 spiro atoms. The average molecular weight is 352 g/mol. The van der Waals surface area contributed by atoms with Gasteiger partial charge in [0, 0.05) is 19.0 Å². The monoisotopic (exact) mass is 352 g/mol. The number of nitrogens with one attached hydrogen (secondary N) is 2. The van der Waals surface area contributed by atoms with Gasteiger partial charge in [-0.25, -0.2) is 0 Å². The molecule has 2 N–H and O–H groups in total. The fraction of sp³-hybridized carbons (Fsp3) is 0.765. The summed E-state index contributed by atoms with van der Waals surface area (Å²) in [6.07, 6.45) is 1.48. The number of likely N-dealkylation sites (tertiary alicyclic amines) is 1. The van der Waals surface area contributed by atoms with Crippen LogP contribution in [0.15, 0.2) is 0 Å². The number of carbonyl (C=O) groups is 3. The third-order valence-corrected chi connectivity index (χ3v) is 4.50. The van der Waals surface area contributed by atoms with Crippen LogP contribution in [0.4, 0.5) is 0 Å². The summed E-state index contributed by atoms with van der Waals surface area (Å²) in [5, 5.41) is 14.2. The van der Waals surface area contributed by atoms with Gasteiger partial charge in [0.05, 0.1) is 6.54 Å². The molecule has 0 aromatic heterocycles. The highest BCUT2D eigenvalue weighted by molar-refractivity contribution is 5.94. The van der Waals surface area contributed by atoms with Crippen molar-refractivity contribution in [2.75, 3.05) is 26.2 Å². The van der Waals surface area contributed by atoms with Gasteiger partial charge in [0.15, 0.2) is 6.10 Å². The SMILES string of the molecule is CCN1CCC(NC(=O)C(OC#N)C(C)C)(C(=O)NCC(C)=O)CC1. The summed E-state index contributed by atoms with van der Waals surface area (Å²) in [5.74, 6) is -1.23. The van der Waals surface area contributed by atoms with Crippen LogP contribution >= 0.6 is 0 Å². The number of carbonyl (C=O) groups excluding carboxylic acids is 3. The highest BCUT2D eigenvalue weighted by atomic mass is 16.5. The number of Topliss-reactive ketones (excluding diaryl/α,β-unsaturated/α-hetero) is 1. The fourth-order valence-electron chi connectivity index (χ4n) is 2.89. The van der Waals surface area contributed by atoms with Crippen LogP contribution < -0.4 is 10.6 Å². The molecule has 1 fully saturated rings. The van der Waals surface area contributed by atoms with E-state index in [-0.39, 0.29) is 24.2 Å². The van der Waals surface area contributed by atoms with Gasteiger partial charge in [-0.3, -0.25) is 14.4 Å². The molecule has 0 aliphatic carbocycles. The van der Waals surface area contributed by atoms with Crippen molar-refractivity contribution in [3.63, 3.8) is 0 Å². The summed E-state index contributed by atoms with van der Waals surface area (Å²) >= 11 is 0. The van der Waals surface area contributed by atoms with Crippen LogP contribution in [0, 0.1) is 17.4 Å². The molecular weight excluding hydrogens is 324 g/mol. The number of amides is 2. The van der Waals surface area contributed by atoms with E-state index in [1.54, 1.807) is 20.1 Å². The zero-order chi connectivity index (χ0) is 19.0. The molecular formula is C17H28N4O4. The summed E-state index contributed by atoms with van der Waals surface area (Å²) < 4.78 is 4.87. The lowest BCUT2D eigenvalue weighted by Crippen LogP contribution is -2.65. The standard InChI is InChI=1S/C17H28N4O4/c1-5-21-8-6-17(7-9-21,16(24)19-10-13(4)22)20-15(23)14(12(2)3)25-11-18/h12,14H,5-10H2,1-4H3,(H,19,24)(H,20,23). The van der Waals surface area contributed by atoms with Gasteiger partial charge in [-0.05, 0) is 26.3 Å². The van der Waals surface area contributed by atoms with Gasteiger partial charge in [0.25, 0.3) is 12.2 Å². The topological polar surface area (TPSA) is 112 Å². The van der Waals surface area contributed by atoms with E-state index in [0.29, 0.717) is 25.9 Å². The lowest BCUT2D eigenvalue weighted by atomic mass is 9.85. The molecule has 0 aromatic carbocycles. The lowest BCUT2D eigenvalue weighted by molar-refractivity contribution is -0.141. The fourth-order valence-corrected chi connectivity index (χ4v) is 2.89. The normalized spacial score (nSPS) is 18.1. The van der Waals surface area contributed by atoms with Crippen LogP contribution in [-0.2, 0) is 19.1 Å². The molecule has 0 aromatic rings. The number of piperidine rings is 1. The lowest BCUT2D eigenvalue weighted by Gasteiger charge is -2.41. The molecule has 0 bridgehead atoms. The van der Waals surface area contributed by atoms with Crippen molar-refractivity contribution in [3.05, 3.63) is 0 Å². The summed E-state index contributed by atoms with van der Waals surface area (Å²) in [7, 11) is 0. The number of hydrogen-bond acceptors (Lipinski definition) is 6. The molecule has 0 radical (unpaired) electrons. The van der Waals surface area contributed by atoms with E-state index in [2.05, 4.69) is 15.5 Å². The van der Waals surface area contributed by atoms with Crippen molar-refractivity contribution in [2.45, 2.75) is 52.2 Å². The Bertz CT molecular complexity index is 533. The molecule has 8 nitrogen and oxygen atoms in total. The minimum atomic E-state index is -1.09. The van der Waals surface area contributed by atoms with Crippen LogP contribution in [0.25, 0.3) is 0 Å². The van der Waals surface area contributed by atoms with Crippen LogP contribution in [0.2, 0.25) is 0 Å². The van der Waals surface area contributed by atoms with Crippen molar-refractivity contribution < 1.29 is 19.1 Å². The molecule has 2 amide bonds.